The molecular weight excluding hydrogens is 396 g/mol. The zero-order valence-electron chi connectivity index (χ0n) is 18.8. The summed E-state index contributed by atoms with van der Waals surface area (Å²) in [6, 6.07) is 9.64. The Kier molecular flexibility index (Phi) is 11.4. The van der Waals surface area contributed by atoms with Crippen LogP contribution in [0.4, 0.5) is 0 Å². The third-order valence-corrected chi connectivity index (χ3v) is 5.16. The van der Waals surface area contributed by atoms with Crippen molar-refractivity contribution >= 4 is 17.5 Å². The van der Waals surface area contributed by atoms with Crippen LogP contribution in [-0.4, -0.2) is 104 Å². The lowest BCUT2D eigenvalue weighted by atomic mass is 10.2. The molecule has 1 fully saturated rings. The van der Waals surface area contributed by atoms with Crippen molar-refractivity contribution in [1.82, 2.24) is 20.0 Å². The van der Waals surface area contributed by atoms with E-state index in [4.69, 9.17) is 4.74 Å². The van der Waals surface area contributed by atoms with Gasteiger partial charge in [-0.3, -0.25) is 29.1 Å². The maximum atomic E-state index is 12.4. The smallest absolute Gasteiger partial charge is 0.320 e. The molecule has 8 heteroatoms. The van der Waals surface area contributed by atoms with E-state index >= 15 is 0 Å². The zero-order valence-corrected chi connectivity index (χ0v) is 18.8. The fourth-order valence-electron chi connectivity index (χ4n) is 3.57. The molecule has 0 amide bonds. The van der Waals surface area contributed by atoms with Crippen LogP contribution in [0.25, 0.3) is 0 Å². The Morgan fingerprint density at radius 3 is 1.77 bits per heavy atom. The van der Waals surface area contributed by atoms with E-state index < -0.39 is 0 Å². The lowest BCUT2D eigenvalue weighted by Crippen LogP contribution is -2.47. The maximum absolute atomic E-state index is 12.4. The van der Waals surface area contributed by atoms with Gasteiger partial charge in [-0.15, -0.1) is 0 Å². The third-order valence-electron chi connectivity index (χ3n) is 5.16. The molecule has 0 spiro atoms. The molecule has 1 aliphatic rings. The molecule has 1 heterocycles. The standard InChI is InChI=1S/C23H36N4O4/c1-20(28)16-25-10-8-24-9-11-26(13-15-27(14-12-25)17-21(2)29)18-23(30)31-19-22-6-4-3-5-7-22/h3-7,24H,8-19H2,1-2H3. The molecule has 1 aliphatic heterocycles. The van der Waals surface area contributed by atoms with Gasteiger partial charge in [0.2, 0.25) is 0 Å². The number of hydrogen-bond acceptors (Lipinski definition) is 8. The van der Waals surface area contributed by atoms with Crippen LogP contribution in [0.3, 0.4) is 0 Å². The predicted octanol–water partition coefficient (Wildman–Crippen LogP) is 0.417. The minimum atomic E-state index is -0.248. The summed E-state index contributed by atoms with van der Waals surface area (Å²) in [5, 5.41) is 3.40. The first kappa shape index (κ1) is 25.1. The van der Waals surface area contributed by atoms with Crippen molar-refractivity contribution in [3.05, 3.63) is 35.9 Å². The van der Waals surface area contributed by atoms with Crippen LogP contribution in [0.5, 0.6) is 0 Å². The Bertz CT molecular complexity index is 698. The summed E-state index contributed by atoms with van der Waals surface area (Å²) in [4.78, 5) is 42.0. The molecule has 0 aromatic heterocycles. The van der Waals surface area contributed by atoms with Crippen molar-refractivity contribution in [3.63, 3.8) is 0 Å². The van der Waals surface area contributed by atoms with Crippen molar-refractivity contribution < 1.29 is 19.1 Å². The fourth-order valence-corrected chi connectivity index (χ4v) is 3.57. The number of benzene rings is 1. The highest BCUT2D eigenvalue weighted by molar-refractivity contribution is 5.78. The van der Waals surface area contributed by atoms with E-state index in [1.807, 2.05) is 30.3 Å². The molecule has 1 N–H and O–H groups in total. The van der Waals surface area contributed by atoms with Gasteiger partial charge >= 0.3 is 5.97 Å². The second-order valence-electron chi connectivity index (χ2n) is 8.13. The highest BCUT2D eigenvalue weighted by atomic mass is 16.5. The number of carbonyl (C=O) groups is 3. The number of nitrogens with one attached hydrogen (secondary N) is 1. The van der Waals surface area contributed by atoms with E-state index in [2.05, 4.69) is 20.0 Å². The second-order valence-corrected chi connectivity index (χ2v) is 8.13. The Hall–Kier alpha value is -2.13. The normalized spacial score (nSPS) is 18.0. The number of hydrogen-bond donors (Lipinski definition) is 1. The molecule has 0 aliphatic carbocycles. The summed E-state index contributed by atoms with van der Waals surface area (Å²) < 4.78 is 5.44. The summed E-state index contributed by atoms with van der Waals surface area (Å²) in [5.41, 5.74) is 0.967. The van der Waals surface area contributed by atoms with E-state index in [9.17, 15) is 14.4 Å². The molecule has 0 radical (unpaired) electrons. The summed E-state index contributed by atoms with van der Waals surface area (Å²) >= 11 is 0. The van der Waals surface area contributed by atoms with Crippen LogP contribution < -0.4 is 5.32 Å². The molecule has 0 atom stereocenters. The van der Waals surface area contributed by atoms with Crippen LogP contribution in [0.15, 0.2) is 30.3 Å². The van der Waals surface area contributed by atoms with Gasteiger partial charge in [-0.05, 0) is 19.4 Å². The average molecular weight is 433 g/mol. The largest absolute Gasteiger partial charge is 0.460 e. The maximum Gasteiger partial charge on any atom is 0.320 e. The molecule has 2 rings (SSSR count). The molecule has 0 unspecified atom stereocenters. The highest BCUT2D eigenvalue weighted by Crippen LogP contribution is 2.02. The van der Waals surface area contributed by atoms with E-state index in [0.717, 1.165) is 31.7 Å². The van der Waals surface area contributed by atoms with Gasteiger partial charge in [0.1, 0.15) is 18.2 Å². The van der Waals surface area contributed by atoms with Crippen molar-refractivity contribution in [2.45, 2.75) is 20.5 Å². The number of rotatable bonds is 8. The first-order valence-electron chi connectivity index (χ1n) is 11.0. The van der Waals surface area contributed by atoms with Gasteiger partial charge in [-0.2, -0.15) is 0 Å². The minimum absolute atomic E-state index is 0.112. The minimum Gasteiger partial charge on any atom is -0.460 e. The molecular formula is C23H36N4O4. The Morgan fingerprint density at radius 1 is 0.774 bits per heavy atom. The zero-order chi connectivity index (χ0) is 22.5. The van der Waals surface area contributed by atoms with Gasteiger partial charge in [0, 0.05) is 52.4 Å². The quantitative estimate of drug-likeness (QED) is 0.592. The average Bonchev–Trinajstić information content (AvgIpc) is 2.72. The molecule has 172 valence electrons. The Balaban J connectivity index is 1.90. The SMILES string of the molecule is CC(=O)CN1CCNCCN(CC(=O)OCc2ccccc2)CCN(CC(C)=O)CC1. The molecule has 1 aromatic carbocycles. The number of Topliss-reactive ketones (excluding diaryl/α,β-unsaturated/α-hetero) is 2. The summed E-state index contributed by atoms with van der Waals surface area (Å²) in [6.07, 6.45) is 0. The molecule has 1 aromatic rings. The van der Waals surface area contributed by atoms with E-state index in [0.29, 0.717) is 39.3 Å². The monoisotopic (exact) mass is 432 g/mol. The van der Waals surface area contributed by atoms with E-state index in [-0.39, 0.29) is 30.7 Å². The first-order chi connectivity index (χ1) is 14.9. The topological polar surface area (TPSA) is 82.2 Å². The summed E-state index contributed by atoms with van der Waals surface area (Å²) in [6.45, 7) is 10.3. The number of esters is 1. The second kappa shape index (κ2) is 14.0. The number of ether oxygens (including phenoxy) is 1. The number of nitrogens with zero attached hydrogens (tertiary/aromatic N) is 3. The van der Waals surface area contributed by atoms with Crippen molar-refractivity contribution in [3.8, 4) is 0 Å². The molecule has 8 nitrogen and oxygen atoms in total. The van der Waals surface area contributed by atoms with Gasteiger partial charge in [-0.25, -0.2) is 0 Å². The number of ketones is 2. The highest BCUT2D eigenvalue weighted by Gasteiger charge is 2.17. The van der Waals surface area contributed by atoms with Gasteiger partial charge in [0.05, 0.1) is 19.6 Å². The van der Waals surface area contributed by atoms with Crippen LogP contribution in [0, 0.1) is 0 Å². The molecule has 0 bridgehead atoms. The summed E-state index contributed by atoms with van der Waals surface area (Å²) in [5.74, 6) is 0.00722. The lowest BCUT2D eigenvalue weighted by Gasteiger charge is -2.30. The number of carbonyl (C=O) groups excluding carboxylic acids is 3. The first-order valence-corrected chi connectivity index (χ1v) is 11.0. The van der Waals surface area contributed by atoms with Gasteiger partial charge in [0.15, 0.2) is 0 Å². The molecule has 0 saturated carbocycles. The van der Waals surface area contributed by atoms with Crippen molar-refractivity contribution in [2.75, 3.05) is 72.0 Å². The fraction of sp³-hybridized carbons (Fsp3) is 0.609. The van der Waals surface area contributed by atoms with Gasteiger partial charge in [0.25, 0.3) is 0 Å². The predicted molar refractivity (Wildman–Crippen MR) is 120 cm³/mol. The van der Waals surface area contributed by atoms with Crippen LogP contribution in [0.2, 0.25) is 0 Å². The van der Waals surface area contributed by atoms with Crippen molar-refractivity contribution in [1.29, 1.82) is 0 Å². The third kappa shape index (κ3) is 11.2. The van der Waals surface area contributed by atoms with Crippen LogP contribution >= 0.6 is 0 Å². The van der Waals surface area contributed by atoms with E-state index in [1.165, 1.54) is 0 Å². The summed E-state index contributed by atoms with van der Waals surface area (Å²) in [7, 11) is 0. The van der Waals surface area contributed by atoms with Gasteiger partial charge < -0.3 is 10.1 Å². The van der Waals surface area contributed by atoms with E-state index in [1.54, 1.807) is 13.8 Å². The molecule has 31 heavy (non-hydrogen) atoms. The molecule has 1 saturated heterocycles. The Labute approximate surface area is 185 Å². The lowest BCUT2D eigenvalue weighted by molar-refractivity contribution is -0.146. The Morgan fingerprint density at radius 2 is 1.26 bits per heavy atom. The van der Waals surface area contributed by atoms with Gasteiger partial charge in [-0.1, -0.05) is 30.3 Å². The van der Waals surface area contributed by atoms with Crippen molar-refractivity contribution in [2.24, 2.45) is 0 Å². The van der Waals surface area contributed by atoms with Crippen LogP contribution in [-0.2, 0) is 25.7 Å². The van der Waals surface area contributed by atoms with Crippen LogP contribution in [0.1, 0.15) is 19.4 Å².